The monoisotopic (exact) mass is 360 g/mol. The molecule has 26 heavy (non-hydrogen) atoms. The van der Waals surface area contributed by atoms with Crippen LogP contribution in [0.1, 0.15) is 16.7 Å². The standard InChI is InChI=1S/C21H20N4S/c1-14-8-9-17(15(2)10-14)19-13-26-21(23-19)24-22-11-16-12-25(3)20-7-5-4-6-18(16)20/h4-13H,1-3H3,(H,23,24)/b22-11-. The Bertz CT molecular complexity index is 1100. The molecule has 4 rings (SSSR count). The summed E-state index contributed by atoms with van der Waals surface area (Å²) in [5.41, 5.74) is 9.98. The SMILES string of the molecule is Cc1ccc(-c2csc(N/N=C\c3cn(C)c4ccccc34)n2)c(C)c1. The second-order valence-corrected chi connectivity index (χ2v) is 7.30. The molecule has 0 saturated heterocycles. The van der Waals surface area contributed by atoms with Gasteiger partial charge in [0.25, 0.3) is 0 Å². The largest absolute Gasteiger partial charge is 0.350 e. The van der Waals surface area contributed by atoms with Gasteiger partial charge in [0.15, 0.2) is 0 Å². The summed E-state index contributed by atoms with van der Waals surface area (Å²) in [6.07, 6.45) is 3.93. The molecule has 4 nitrogen and oxygen atoms in total. The van der Waals surface area contributed by atoms with E-state index in [2.05, 4.69) is 75.8 Å². The molecular weight excluding hydrogens is 340 g/mol. The van der Waals surface area contributed by atoms with Crippen molar-refractivity contribution in [1.82, 2.24) is 9.55 Å². The third kappa shape index (κ3) is 3.13. The van der Waals surface area contributed by atoms with Crippen LogP contribution >= 0.6 is 11.3 Å². The molecule has 0 unspecified atom stereocenters. The van der Waals surface area contributed by atoms with Gasteiger partial charge in [-0.1, -0.05) is 42.0 Å². The second kappa shape index (κ2) is 6.77. The van der Waals surface area contributed by atoms with Crippen molar-refractivity contribution in [2.45, 2.75) is 13.8 Å². The zero-order valence-corrected chi connectivity index (χ0v) is 15.8. The van der Waals surface area contributed by atoms with Crippen molar-refractivity contribution in [2.24, 2.45) is 12.1 Å². The van der Waals surface area contributed by atoms with Gasteiger partial charge in [-0.25, -0.2) is 4.98 Å². The average Bonchev–Trinajstić information content (AvgIpc) is 3.21. The fraction of sp³-hybridized carbons (Fsp3) is 0.143. The summed E-state index contributed by atoms with van der Waals surface area (Å²) in [5, 5.41) is 8.42. The van der Waals surface area contributed by atoms with E-state index >= 15 is 0 Å². The molecule has 0 fully saturated rings. The van der Waals surface area contributed by atoms with Gasteiger partial charge in [-0.15, -0.1) is 11.3 Å². The van der Waals surface area contributed by atoms with Crippen LogP contribution in [0.2, 0.25) is 0 Å². The zero-order valence-electron chi connectivity index (χ0n) is 15.0. The summed E-state index contributed by atoms with van der Waals surface area (Å²) < 4.78 is 2.11. The van der Waals surface area contributed by atoms with Gasteiger partial charge in [0.2, 0.25) is 5.13 Å². The lowest BCUT2D eigenvalue weighted by molar-refractivity contribution is 0.968. The molecule has 0 bridgehead atoms. The van der Waals surface area contributed by atoms with Crippen LogP contribution in [0, 0.1) is 13.8 Å². The summed E-state index contributed by atoms with van der Waals surface area (Å²) in [4.78, 5) is 4.66. The summed E-state index contributed by atoms with van der Waals surface area (Å²) >= 11 is 1.56. The molecule has 0 aliphatic heterocycles. The molecule has 5 heteroatoms. The number of nitrogens with zero attached hydrogens (tertiary/aromatic N) is 3. The Hall–Kier alpha value is -2.92. The maximum Gasteiger partial charge on any atom is 0.203 e. The molecule has 4 aromatic rings. The van der Waals surface area contributed by atoms with E-state index in [1.807, 2.05) is 25.4 Å². The van der Waals surface area contributed by atoms with Crippen molar-refractivity contribution >= 4 is 33.6 Å². The van der Waals surface area contributed by atoms with Crippen LogP contribution in [0.5, 0.6) is 0 Å². The van der Waals surface area contributed by atoms with Crippen LogP contribution < -0.4 is 5.43 Å². The van der Waals surface area contributed by atoms with E-state index < -0.39 is 0 Å². The zero-order chi connectivity index (χ0) is 18.1. The third-order valence-electron chi connectivity index (χ3n) is 4.45. The predicted octanol–water partition coefficient (Wildman–Crippen LogP) is 5.36. The van der Waals surface area contributed by atoms with E-state index in [9.17, 15) is 0 Å². The first-order chi connectivity index (χ1) is 12.6. The average molecular weight is 360 g/mol. The first-order valence-corrected chi connectivity index (χ1v) is 9.36. The number of anilines is 1. The number of fused-ring (bicyclic) bond motifs is 1. The molecule has 2 aromatic carbocycles. The van der Waals surface area contributed by atoms with Crippen molar-refractivity contribution in [3.8, 4) is 11.3 Å². The fourth-order valence-electron chi connectivity index (χ4n) is 3.18. The summed E-state index contributed by atoms with van der Waals surface area (Å²) in [7, 11) is 2.05. The van der Waals surface area contributed by atoms with Crippen molar-refractivity contribution < 1.29 is 0 Å². The highest BCUT2D eigenvalue weighted by atomic mass is 32.1. The van der Waals surface area contributed by atoms with Crippen molar-refractivity contribution in [3.05, 3.63) is 70.7 Å². The van der Waals surface area contributed by atoms with Gasteiger partial charge >= 0.3 is 0 Å². The van der Waals surface area contributed by atoms with Crippen LogP contribution in [0.25, 0.3) is 22.2 Å². The fourth-order valence-corrected chi connectivity index (χ4v) is 3.84. The molecule has 2 aromatic heterocycles. The minimum atomic E-state index is 0.788. The molecular formula is C21H20N4S. The Kier molecular flexibility index (Phi) is 4.31. The van der Waals surface area contributed by atoms with Crippen molar-refractivity contribution in [2.75, 3.05) is 5.43 Å². The molecule has 130 valence electrons. The molecule has 0 aliphatic rings. The van der Waals surface area contributed by atoms with Gasteiger partial charge in [-0.3, -0.25) is 5.43 Å². The van der Waals surface area contributed by atoms with E-state index in [0.717, 1.165) is 22.0 Å². The molecule has 0 aliphatic carbocycles. The Morgan fingerprint density at radius 2 is 2.00 bits per heavy atom. The highest BCUT2D eigenvalue weighted by molar-refractivity contribution is 7.14. The van der Waals surface area contributed by atoms with E-state index in [-0.39, 0.29) is 0 Å². The number of nitrogens with one attached hydrogen (secondary N) is 1. The van der Waals surface area contributed by atoms with Gasteiger partial charge in [0.05, 0.1) is 11.9 Å². The number of hydrazone groups is 1. The second-order valence-electron chi connectivity index (χ2n) is 6.44. The van der Waals surface area contributed by atoms with Gasteiger partial charge in [-0.2, -0.15) is 5.10 Å². The molecule has 0 saturated carbocycles. The lowest BCUT2D eigenvalue weighted by Gasteiger charge is -2.03. The van der Waals surface area contributed by atoms with Gasteiger partial charge in [0.1, 0.15) is 0 Å². The number of benzene rings is 2. The highest BCUT2D eigenvalue weighted by Gasteiger charge is 2.07. The topological polar surface area (TPSA) is 42.2 Å². The predicted molar refractivity (Wildman–Crippen MR) is 111 cm³/mol. The molecule has 0 spiro atoms. The minimum absolute atomic E-state index is 0.788. The lowest BCUT2D eigenvalue weighted by Crippen LogP contribution is -1.90. The summed E-state index contributed by atoms with van der Waals surface area (Å²) in [6.45, 7) is 4.22. The molecule has 1 N–H and O–H groups in total. The molecule has 0 atom stereocenters. The minimum Gasteiger partial charge on any atom is -0.350 e. The molecule has 2 heterocycles. The van der Waals surface area contributed by atoms with E-state index in [0.29, 0.717) is 0 Å². The summed E-state index contributed by atoms with van der Waals surface area (Å²) in [6, 6.07) is 14.7. The lowest BCUT2D eigenvalue weighted by atomic mass is 10.0. The number of hydrogen-bond donors (Lipinski definition) is 1. The van der Waals surface area contributed by atoms with Gasteiger partial charge in [-0.05, 0) is 25.5 Å². The Morgan fingerprint density at radius 1 is 1.15 bits per heavy atom. The van der Waals surface area contributed by atoms with Gasteiger partial charge in [0, 0.05) is 40.7 Å². The van der Waals surface area contributed by atoms with E-state index in [1.54, 1.807) is 11.3 Å². The highest BCUT2D eigenvalue weighted by Crippen LogP contribution is 2.28. The number of aromatic nitrogens is 2. The van der Waals surface area contributed by atoms with Gasteiger partial charge < -0.3 is 4.57 Å². The van der Waals surface area contributed by atoms with Crippen LogP contribution in [-0.4, -0.2) is 15.8 Å². The van der Waals surface area contributed by atoms with Crippen LogP contribution in [0.4, 0.5) is 5.13 Å². The maximum absolute atomic E-state index is 4.66. The summed E-state index contributed by atoms with van der Waals surface area (Å²) in [5.74, 6) is 0. The van der Waals surface area contributed by atoms with Crippen LogP contribution in [0.3, 0.4) is 0 Å². The number of rotatable bonds is 4. The number of para-hydroxylation sites is 1. The molecule has 0 amide bonds. The van der Waals surface area contributed by atoms with Crippen LogP contribution in [0.15, 0.2) is 59.1 Å². The number of aryl methyl sites for hydroxylation is 3. The maximum atomic E-state index is 4.66. The molecule has 0 radical (unpaired) electrons. The quantitative estimate of drug-likeness (QED) is 0.393. The third-order valence-corrected chi connectivity index (χ3v) is 5.20. The van der Waals surface area contributed by atoms with Crippen molar-refractivity contribution in [1.29, 1.82) is 0 Å². The Labute approximate surface area is 156 Å². The number of thiazole rings is 1. The smallest absolute Gasteiger partial charge is 0.203 e. The van der Waals surface area contributed by atoms with E-state index in [4.69, 9.17) is 0 Å². The Balaban J connectivity index is 1.53. The van der Waals surface area contributed by atoms with Crippen molar-refractivity contribution in [3.63, 3.8) is 0 Å². The van der Waals surface area contributed by atoms with Crippen LogP contribution in [-0.2, 0) is 7.05 Å². The first-order valence-electron chi connectivity index (χ1n) is 8.48. The Morgan fingerprint density at radius 3 is 2.85 bits per heavy atom. The first kappa shape index (κ1) is 16.5. The van der Waals surface area contributed by atoms with E-state index in [1.165, 1.54) is 22.0 Å². The normalized spacial score (nSPS) is 11.5. The number of hydrogen-bond acceptors (Lipinski definition) is 4.